The Hall–Kier alpha value is -3.24. The number of benzene rings is 3. The Morgan fingerprint density at radius 3 is 2.48 bits per heavy atom. The summed E-state index contributed by atoms with van der Waals surface area (Å²) in [6, 6.07) is 25.8. The van der Waals surface area contributed by atoms with Crippen LogP contribution >= 0.6 is 15.9 Å². The average Bonchev–Trinajstić information content (AvgIpc) is 3.19. The third-order valence-electron chi connectivity index (χ3n) is 5.57. The number of esters is 1. The van der Waals surface area contributed by atoms with Crippen molar-refractivity contribution in [1.29, 1.82) is 0 Å². The third-order valence-corrected chi connectivity index (χ3v) is 6.10. The molecule has 4 heteroatoms. The largest absolute Gasteiger partial charge is 0.457 e. The first-order valence-electron chi connectivity index (χ1n) is 10.3. The van der Waals surface area contributed by atoms with E-state index in [1.807, 2.05) is 66.7 Å². The van der Waals surface area contributed by atoms with E-state index >= 15 is 0 Å². The van der Waals surface area contributed by atoms with Crippen LogP contribution in [0.5, 0.6) is 0 Å². The lowest BCUT2D eigenvalue weighted by Gasteiger charge is -2.12. The molecule has 0 spiro atoms. The van der Waals surface area contributed by atoms with Crippen molar-refractivity contribution in [3.8, 4) is 0 Å². The van der Waals surface area contributed by atoms with Gasteiger partial charge in [-0.2, -0.15) is 0 Å². The van der Waals surface area contributed by atoms with E-state index in [4.69, 9.17) is 9.72 Å². The number of nitrogens with zero attached hydrogens (tertiary/aromatic N) is 1. The zero-order chi connectivity index (χ0) is 21.2. The van der Waals surface area contributed by atoms with Crippen LogP contribution in [0, 0.1) is 0 Å². The minimum atomic E-state index is -0.293. The Bertz CT molecular complexity index is 1290. The lowest BCUT2D eigenvalue weighted by atomic mass is 10.0. The number of ether oxygens (including phenoxy) is 1. The summed E-state index contributed by atoms with van der Waals surface area (Å²) in [5.74, 6) is -0.293. The second-order valence-corrected chi connectivity index (χ2v) is 8.53. The van der Waals surface area contributed by atoms with E-state index in [1.165, 1.54) is 0 Å². The summed E-state index contributed by atoms with van der Waals surface area (Å²) in [4.78, 5) is 18.2. The number of allylic oxidation sites excluding steroid dienone is 1. The molecule has 0 radical (unpaired) electrons. The Labute approximate surface area is 189 Å². The van der Waals surface area contributed by atoms with E-state index in [0.717, 1.165) is 56.2 Å². The summed E-state index contributed by atoms with van der Waals surface area (Å²) in [7, 11) is 0. The first-order valence-corrected chi connectivity index (χ1v) is 11.1. The number of hydrogen-bond donors (Lipinski definition) is 0. The fraction of sp³-hybridized carbons (Fsp3) is 0.111. The van der Waals surface area contributed by atoms with E-state index in [-0.39, 0.29) is 12.6 Å². The topological polar surface area (TPSA) is 39.2 Å². The average molecular weight is 470 g/mol. The lowest BCUT2D eigenvalue weighted by molar-refractivity contribution is 0.0474. The van der Waals surface area contributed by atoms with Gasteiger partial charge in [-0.05, 0) is 59.4 Å². The molecule has 31 heavy (non-hydrogen) atoms. The minimum Gasteiger partial charge on any atom is -0.457 e. The molecule has 0 amide bonds. The van der Waals surface area contributed by atoms with Crippen molar-refractivity contribution >= 4 is 44.5 Å². The van der Waals surface area contributed by atoms with Gasteiger partial charge < -0.3 is 4.74 Å². The monoisotopic (exact) mass is 469 g/mol. The van der Waals surface area contributed by atoms with Crippen molar-refractivity contribution in [2.75, 3.05) is 0 Å². The van der Waals surface area contributed by atoms with Gasteiger partial charge in [0, 0.05) is 9.86 Å². The SMILES string of the molecule is O=C(OCc1ccc(Br)cc1)c1c2c(nc3ccccc13)C(=Cc1ccccc1)CC2. The molecule has 1 aromatic heterocycles. The predicted octanol–water partition coefficient (Wildman–Crippen LogP) is 6.84. The molecule has 0 atom stereocenters. The van der Waals surface area contributed by atoms with Crippen molar-refractivity contribution < 1.29 is 9.53 Å². The van der Waals surface area contributed by atoms with Crippen LogP contribution in [0.4, 0.5) is 0 Å². The molecule has 0 N–H and O–H groups in total. The summed E-state index contributed by atoms with van der Waals surface area (Å²) >= 11 is 3.43. The molecule has 1 heterocycles. The zero-order valence-electron chi connectivity index (χ0n) is 16.8. The van der Waals surface area contributed by atoms with Crippen LogP contribution in [-0.2, 0) is 17.8 Å². The zero-order valence-corrected chi connectivity index (χ0v) is 18.4. The second kappa shape index (κ2) is 8.48. The molecule has 0 saturated carbocycles. The van der Waals surface area contributed by atoms with Crippen LogP contribution in [0.3, 0.4) is 0 Å². The van der Waals surface area contributed by atoms with Gasteiger partial charge in [0.25, 0.3) is 0 Å². The van der Waals surface area contributed by atoms with Crippen LogP contribution in [0.25, 0.3) is 22.6 Å². The van der Waals surface area contributed by atoms with Crippen molar-refractivity contribution in [2.45, 2.75) is 19.4 Å². The molecular formula is C27H20BrNO2. The molecule has 4 aromatic rings. The highest BCUT2D eigenvalue weighted by molar-refractivity contribution is 9.10. The molecule has 3 aromatic carbocycles. The van der Waals surface area contributed by atoms with Gasteiger partial charge in [0.05, 0.1) is 16.8 Å². The molecule has 0 unspecified atom stereocenters. The minimum absolute atomic E-state index is 0.240. The second-order valence-electron chi connectivity index (χ2n) is 7.61. The maximum Gasteiger partial charge on any atom is 0.339 e. The summed E-state index contributed by atoms with van der Waals surface area (Å²) < 4.78 is 6.74. The van der Waals surface area contributed by atoms with Gasteiger partial charge in [0.1, 0.15) is 6.61 Å². The molecule has 152 valence electrons. The molecule has 5 rings (SSSR count). The highest BCUT2D eigenvalue weighted by Gasteiger charge is 2.27. The highest BCUT2D eigenvalue weighted by Crippen LogP contribution is 2.37. The van der Waals surface area contributed by atoms with Crippen LogP contribution in [0.1, 0.15) is 39.2 Å². The normalized spacial score (nSPS) is 14.0. The van der Waals surface area contributed by atoms with Crippen molar-refractivity contribution in [3.05, 3.63) is 111 Å². The number of carbonyl (C=O) groups is 1. The van der Waals surface area contributed by atoms with Crippen molar-refractivity contribution in [1.82, 2.24) is 4.98 Å². The van der Waals surface area contributed by atoms with Gasteiger partial charge in [0.2, 0.25) is 0 Å². The first-order chi connectivity index (χ1) is 15.2. The van der Waals surface area contributed by atoms with Gasteiger partial charge >= 0.3 is 5.97 Å². The predicted molar refractivity (Wildman–Crippen MR) is 128 cm³/mol. The first kappa shape index (κ1) is 19.7. The summed E-state index contributed by atoms with van der Waals surface area (Å²) in [5.41, 5.74) is 6.62. The number of aromatic nitrogens is 1. The highest BCUT2D eigenvalue weighted by atomic mass is 79.9. The quantitative estimate of drug-likeness (QED) is 0.307. The number of halogens is 1. The number of carbonyl (C=O) groups excluding carboxylic acids is 1. The smallest absolute Gasteiger partial charge is 0.339 e. The Balaban J connectivity index is 1.54. The number of pyridine rings is 1. The van der Waals surface area contributed by atoms with E-state index in [1.54, 1.807) is 0 Å². The van der Waals surface area contributed by atoms with Crippen molar-refractivity contribution in [2.24, 2.45) is 0 Å². The van der Waals surface area contributed by atoms with E-state index < -0.39 is 0 Å². The van der Waals surface area contributed by atoms with Crippen LogP contribution in [-0.4, -0.2) is 11.0 Å². The molecule has 1 aliphatic rings. The van der Waals surface area contributed by atoms with Crippen LogP contribution < -0.4 is 0 Å². The van der Waals surface area contributed by atoms with Crippen LogP contribution in [0.15, 0.2) is 83.3 Å². The van der Waals surface area contributed by atoms with Gasteiger partial charge in [-0.1, -0.05) is 76.6 Å². The lowest BCUT2D eigenvalue weighted by Crippen LogP contribution is -2.10. The molecular weight excluding hydrogens is 450 g/mol. The molecule has 0 fully saturated rings. The third kappa shape index (κ3) is 4.04. The van der Waals surface area contributed by atoms with Crippen molar-refractivity contribution in [3.63, 3.8) is 0 Å². The molecule has 0 aliphatic heterocycles. The fourth-order valence-corrected chi connectivity index (χ4v) is 4.33. The van der Waals surface area contributed by atoms with Gasteiger partial charge in [-0.3, -0.25) is 0 Å². The maximum atomic E-state index is 13.2. The maximum absolute atomic E-state index is 13.2. The summed E-state index contributed by atoms with van der Waals surface area (Å²) in [5, 5.41) is 0.850. The van der Waals surface area contributed by atoms with Crippen LogP contribution in [0.2, 0.25) is 0 Å². The Morgan fingerprint density at radius 2 is 1.68 bits per heavy atom. The molecule has 1 aliphatic carbocycles. The number of rotatable bonds is 4. The number of para-hydroxylation sites is 1. The van der Waals surface area contributed by atoms with E-state index in [9.17, 15) is 4.79 Å². The van der Waals surface area contributed by atoms with E-state index in [2.05, 4.69) is 34.1 Å². The van der Waals surface area contributed by atoms with Gasteiger partial charge in [-0.25, -0.2) is 9.78 Å². The summed E-state index contributed by atoms with van der Waals surface area (Å²) in [6.07, 6.45) is 3.82. The molecule has 0 saturated heterocycles. The number of hydrogen-bond acceptors (Lipinski definition) is 3. The van der Waals surface area contributed by atoms with Gasteiger partial charge in [-0.15, -0.1) is 0 Å². The Morgan fingerprint density at radius 1 is 0.935 bits per heavy atom. The standard InChI is InChI=1S/C27H20BrNO2/c28-21-13-10-19(11-14-21)17-31-27(30)25-22-8-4-5-9-24(22)29-26-20(12-15-23(25)26)16-18-6-2-1-3-7-18/h1-11,13-14,16H,12,15,17H2. The summed E-state index contributed by atoms with van der Waals surface area (Å²) in [6.45, 7) is 0.240. The molecule has 0 bridgehead atoms. The van der Waals surface area contributed by atoms with E-state index in [0.29, 0.717) is 5.56 Å². The van der Waals surface area contributed by atoms with Gasteiger partial charge in [0.15, 0.2) is 0 Å². The molecule has 3 nitrogen and oxygen atoms in total. The fourth-order valence-electron chi connectivity index (χ4n) is 4.06. The number of fused-ring (bicyclic) bond motifs is 2. The Kier molecular flexibility index (Phi) is 5.39.